The molecule has 3 aromatic heterocycles. The van der Waals surface area contributed by atoms with Crippen LogP contribution in [0.25, 0.3) is 16.0 Å². The summed E-state index contributed by atoms with van der Waals surface area (Å²) in [4.78, 5) is 28.8. The highest BCUT2D eigenvalue weighted by molar-refractivity contribution is 9.10. The van der Waals surface area contributed by atoms with Gasteiger partial charge in [0.1, 0.15) is 4.83 Å². The number of Topliss-reactive ketones (excluding diaryl/α,β-unsaturated/α-hetero) is 1. The summed E-state index contributed by atoms with van der Waals surface area (Å²) in [5.74, 6) is 0.805. The molecule has 0 aliphatic heterocycles. The molecule has 176 valence electrons. The van der Waals surface area contributed by atoms with Gasteiger partial charge in [0.25, 0.3) is 5.56 Å². The highest BCUT2D eigenvalue weighted by Gasteiger charge is 2.25. The first-order valence-electron chi connectivity index (χ1n) is 11.5. The van der Waals surface area contributed by atoms with Gasteiger partial charge in [0.2, 0.25) is 5.78 Å². The number of fused-ring (bicyclic) bond motifs is 5. The molecule has 5 aromatic rings. The van der Waals surface area contributed by atoms with Crippen LogP contribution in [0.1, 0.15) is 39.2 Å². The topological polar surface area (TPSA) is 69.3 Å². The molecule has 0 N–H and O–H groups in total. The largest absolute Gasteiger partial charge is 0.293 e. The monoisotopic (exact) mass is 564 g/mol. The molecule has 35 heavy (non-hydrogen) atoms. The van der Waals surface area contributed by atoms with Gasteiger partial charge in [0.05, 0.1) is 17.7 Å². The third-order valence-electron chi connectivity index (χ3n) is 6.35. The molecule has 0 atom stereocenters. The lowest BCUT2D eigenvalue weighted by Gasteiger charge is -2.12. The number of aryl methyl sites for hydroxylation is 2. The zero-order chi connectivity index (χ0) is 23.9. The van der Waals surface area contributed by atoms with Crippen LogP contribution in [0.5, 0.6) is 0 Å². The van der Waals surface area contributed by atoms with E-state index >= 15 is 0 Å². The van der Waals surface area contributed by atoms with E-state index in [0.29, 0.717) is 23.0 Å². The molecular weight excluding hydrogens is 544 g/mol. The molecule has 0 radical (unpaired) electrons. The van der Waals surface area contributed by atoms with Gasteiger partial charge >= 0.3 is 0 Å². The first-order valence-corrected chi connectivity index (χ1v) is 14.1. The molecule has 0 spiro atoms. The van der Waals surface area contributed by atoms with Gasteiger partial charge in [0, 0.05) is 14.9 Å². The van der Waals surface area contributed by atoms with E-state index in [4.69, 9.17) is 0 Å². The minimum atomic E-state index is -0.0147. The molecule has 0 unspecified atom stereocenters. The van der Waals surface area contributed by atoms with Gasteiger partial charge in [-0.3, -0.25) is 14.2 Å². The number of carbonyl (C=O) groups excluding carboxylic acids is 1. The highest BCUT2D eigenvalue weighted by Crippen LogP contribution is 2.36. The molecular formula is C26H21BrN4O2S2. The van der Waals surface area contributed by atoms with Crippen LogP contribution in [0, 0.1) is 0 Å². The average molecular weight is 566 g/mol. The van der Waals surface area contributed by atoms with E-state index < -0.39 is 0 Å². The summed E-state index contributed by atoms with van der Waals surface area (Å²) >= 11 is 6.52. The van der Waals surface area contributed by atoms with Crippen LogP contribution >= 0.6 is 39.0 Å². The normalized spacial score (nSPS) is 13.4. The molecule has 1 aliphatic rings. The van der Waals surface area contributed by atoms with Crippen molar-refractivity contribution in [1.29, 1.82) is 0 Å². The number of hydrogen-bond donors (Lipinski definition) is 0. The number of nitrogens with zero attached hydrogens (tertiary/aromatic N) is 4. The van der Waals surface area contributed by atoms with Crippen LogP contribution in [0.15, 0.2) is 69.0 Å². The Bertz CT molecular complexity index is 1620. The second-order valence-corrected chi connectivity index (χ2v) is 11.5. The van der Waals surface area contributed by atoms with Crippen molar-refractivity contribution in [2.75, 3.05) is 5.75 Å². The van der Waals surface area contributed by atoms with Gasteiger partial charge in [-0.25, -0.2) is 4.40 Å². The Labute approximate surface area is 218 Å². The molecule has 0 amide bonds. The van der Waals surface area contributed by atoms with Crippen LogP contribution in [0.3, 0.4) is 0 Å². The van der Waals surface area contributed by atoms with Crippen LogP contribution in [0.4, 0.5) is 0 Å². The van der Waals surface area contributed by atoms with E-state index in [-0.39, 0.29) is 17.1 Å². The number of halogens is 1. The molecule has 0 bridgehead atoms. The van der Waals surface area contributed by atoms with Crippen molar-refractivity contribution in [3.8, 4) is 0 Å². The predicted octanol–water partition coefficient (Wildman–Crippen LogP) is 5.77. The Hall–Kier alpha value is -2.75. The van der Waals surface area contributed by atoms with Crippen LogP contribution in [-0.2, 0) is 19.4 Å². The summed E-state index contributed by atoms with van der Waals surface area (Å²) < 4.78 is 4.70. The third kappa shape index (κ3) is 4.15. The maximum Gasteiger partial charge on any atom is 0.264 e. The summed E-state index contributed by atoms with van der Waals surface area (Å²) in [6.07, 6.45) is 4.16. The van der Waals surface area contributed by atoms with E-state index in [1.54, 1.807) is 15.9 Å². The standard InChI is InChI=1S/C26H21BrN4O2S2/c27-18-12-10-16(11-13-18)14-30-23(33)22-19-8-4-5-9-21(19)35-24(22)31-25(30)28-29-26(31)34-15-20(32)17-6-2-1-3-7-17/h1-3,6-7,10-13H,4-5,8-9,14-15H2. The summed E-state index contributed by atoms with van der Waals surface area (Å²) in [6, 6.07) is 17.2. The Kier molecular flexibility index (Phi) is 6.07. The average Bonchev–Trinajstić information content (AvgIpc) is 3.48. The van der Waals surface area contributed by atoms with Crippen molar-refractivity contribution in [2.24, 2.45) is 0 Å². The van der Waals surface area contributed by atoms with E-state index in [1.807, 2.05) is 59.0 Å². The smallest absolute Gasteiger partial charge is 0.264 e. The van der Waals surface area contributed by atoms with Gasteiger partial charge in [-0.1, -0.05) is 70.2 Å². The Morgan fingerprint density at radius 3 is 2.60 bits per heavy atom. The van der Waals surface area contributed by atoms with Crippen molar-refractivity contribution in [2.45, 2.75) is 37.4 Å². The van der Waals surface area contributed by atoms with Crippen molar-refractivity contribution in [3.05, 3.63) is 91.0 Å². The van der Waals surface area contributed by atoms with E-state index in [2.05, 4.69) is 26.1 Å². The van der Waals surface area contributed by atoms with Gasteiger partial charge in [-0.05, 0) is 48.9 Å². The fraction of sp³-hybridized carbons (Fsp3) is 0.231. The Morgan fingerprint density at radius 1 is 1.03 bits per heavy atom. The van der Waals surface area contributed by atoms with Gasteiger partial charge < -0.3 is 0 Å². The minimum absolute atomic E-state index is 0.0147. The Balaban J connectivity index is 1.48. The second-order valence-electron chi connectivity index (χ2n) is 8.60. The van der Waals surface area contributed by atoms with Crippen molar-refractivity contribution < 1.29 is 4.79 Å². The molecule has 2 aromatic carbocycles. The summed E-state index contributed by atoms with van der Waals surface area (Å²) in [7, 11) is 0. The summed E-state index contributed by atoms with van der Waals surface area (Å²) in [5, 5.41) is 10.3. The fourth-order valence-corrected chi connectivity index (χ4v) is 7.14. The molecule has 6 rings (SSSR count). The van der Waals surface area contributed by atoms with E-state index in [0.717, 1.165) is 45.9 Å². The van der Waals surface area contributed by atoms with Crippen LogP contribution in [-0.4, -0.2) is 30.7 Å². The van der Waals surface area contributed by atoms with Crippen molar-refractivity contribution in [1.82, 2.24) is 19.2 Å². The number of thiophene rings is 1. The molecule has 0 fully saturated rings. The number of thioether (sulfide) groups is 1. The van der Waals surface area contributed by atoms with Crippen LogP contribution in [0.2, 0.25) is 0 Å². The number of aromatic nitrogens is 4. The number of carbonyl (C=O) groups is 1. The number of benzene rings is 2. The van der Waals surface area contributed by atoms with Gasteiger partial charge in [-0.15, -0.1) is 21.5 Å². The maximum atomic E-state index is 13.8. The van der Waals surface area contributed by atoms with Gasteiger partial charge in [-0.2, -0.15) is 0 Å². The van der Waals surface area contributed by atoms with Crippen molar-refractivity contribution >= 4 is 60.8 Å². The predicted molar refractivity (Wildman–Crippen MR) is 144 cm³/mol. The fourth-order valence-electron chi connectivity index (χ4n) is 4.62. The lowest BCUT2D eigenvalue weighted by Crippen LogP contribution is -2.24. The molecule has 3 heterocycles. The summed E-state index contributed by atoms with van der Waals surface area (Å²) in [5.41, 5.74) is 2.85. The SMILES string of the molecule is O=C(CSc1nnc2n(Cc3ccc(Br)cc3)c(=O)c3c4c(sc3n12)CCCC4)c1ccccc1. The zero-order valence-electron chi connectivity index (χ0n) is 18.7. The molecule has 6 nitrogen and oxygen atoms in total. The third-order valence-corrected chi connectivity index (χ3v) is 9.09. The maximum absolute atomic E-state index is 13.8. The van der Waals surface area contributed by atoms with E-state index in [9.17, 15) is 9.59 Å². The highest BCUT2D eigenvalue weighted by atomic mass is 79.9. The lowest BCUT2D eigenvalue weighted by atomic mass is 9.97. The van der Waals surface area contributed by atoms with Crippen molar-refractivity contribution in [3.63, 3.8) is 0 Å². The number of ketones is 1. The quantitative estimate of drug-likeness (QED) is 0.193. The summed E-state index contributed by atoms with van der Waals surface area (Å²) in [6.45, 7) is 0.405. The van der Waals surface area contributed by atoms with Gasteiger partial charge in [0.15, 0.2) is 10.9 Å². The zero-order valence-corrected chi connectivity index (χ0v) is 22.0. The molecule has 0 saturated heterocycles. The Morgan fingerprint density at radius 2 is 1.80 bits per heavy atom. The first kappa shape index (κ1) is 22.7. The molecule has 0 saturated carbocycles. The van der Waals surface area contributed by atoms with Crippen LogP contribution < -0.4 is 5.56 Å². The minimum Gasteiger partial charge on any atom is -0.293 e. The second kappa shape index (κ2) is 9.37. The first-order chi connectivity index (χ1) is 17.1. The number of rotatable bonds is 6. The molecule has 9 heteroatoms. The molecule has 1 aliphatic carbocycles. The number of hydrogen-bond acceptors (Lipinski definition) is 6. The van der Waals surface area contributed by atoms with E-state index in [1.165, 1.54) is 22.2 Å². The lowest BCUT2D eigenvalue weighted by molar-refractivity contribution is 0.102.